The van der Waals surface area contributed by atoms with Gasteiger partial charge in [0.05, 0.1) is 75.0 Å². The number of halogens is 1. The Balaban J connectivity index is 0.000000119. The minimum Gasteiger partial charge on any atom is -0.396 e. The molecule has 1 saturated carbocycles. The standard InChI is InChI=1S/C11H15N5O2.C10H12FN5O3.C10H11N.C9H10N2.C8H9N3.C6H7N5.C6H6N4.C5H6N6/c12-10-9-11(14-4-13-10)16(5-15-9)7-1-6(3-17)8(18)2-7;11-5-7(18)4(1-17)19-10(5)16-3-15-6-8(12)13-2-14-9(6)16;1-8-4-3-5-10-9(8)6-7-11(10)2;1-7-4-3-5-8-9(7)10-6-11(8)2;1-6-3-4-9-8-7(6)10-5-11(8)2;1-11-3-10-4-5(7)8-2-9-6(4)11;1-10-4-9-5-2-7-3-8-6(5)10;1-11-5-3(9-10-11)4(6)7-2-8-5/h4-8,17-18H,1-3H2,(H2,12,13,14);2-5,7,10,17-18H,1H2,(H2,12,13,14);3-7H,1-2H3;3-6H,1-2H3;3-5H,1-2H3;2-3H,1H3,(H2,7,8,9);2-4H,1H3;2H,1H3,(H2,6,7,8,10)/p+1/t6-,7-,8?;4-,5+,7?,10-;;;;;;/m11....../s1. The van der Waals surface area contributed by atoms with Crippen LogP contribution in [0.25, 0.3) is 88.9 Å². The molecular weight excluding hydrogens is 1310 g/mol. The highest BCUT2D eigenvalue weighted by atomic mass is 19.1. The number of pyridine rings is 1. The number of ether oxygens (including phenoxy) is 1. The Morgan fingerprint density at radius 3 is 1.65 bits per heavy atom. The molecular formula is C65H77FN31O5+. The second kappa shape index (κ2) is 31.3. The average Bonchev–Trinajstić information content (AvgIpc) is 1.62. The fourth-order valence-corrected chi connectivity index (χ4v) is 11.4. The maximum absolute atomic E-state index is 14.0. The Morgan fingerprint density at radius 1 is 0.520 bits per heavy atom. The van der Waals surface area contributed by atoms with Gasteiger partial charge < -0.3 is 75.5 Å². The first kappa shape index (κ1) is 71.0. The van der Waals surface area contributed by atoms with Crippen molar-refractivity contribution in [2.45, 2.75) is 70.4 Å². The van der Waals surface area contributed by atoms with E-state index >= 15 is 0 Å². The van der Waals surface area contributed by atoms with E-state index in [9.17, 15) is 19.7 Å². The number of nitrogens with two attached hydrogens (primary N) is 4. The van der Waals surface area contributed by atoms with E-state index in [1.165, 1.54) is 75.6 Å². The molecule has 1 aliphatic carbocycles. The van der Waals surface area contributed by atoms with Crippen molar-refractivity contribution >= 4 is 112 Å². The number of alkyl halides is 1. The van der Waals surface area contributed by atoms with Crippen LogP contribution in [-0.2, 0) is 47.0 Å². The van der Waals surface area contributed by atoms with E-state index in [0.29, 0.717) is 69.3 Å². The summed E-state index contributed by atoms with van der Waals surface area (Å²) in [5.41, 5.74) is 38.1. The number of rotatable bonds is 4. The number of aliphatic hydroxyl groups is 4. The molecule has 0 bridgehead atoms. The number of hydrogen-bond donors (Lipinski definition) is 9. The Labute approximate surface area is 579 Å². The minimum atomic E-state index is -1.69. The van der Waals surface area contributed by atoms with Gasteiger partial charge in [-0.2, -0.15) is 9.67 Å². The lowest BCUT2D eigenvalue weighted by molar-refractivity contribution is -0.708. The number of H-pyrrole nitrogens is 1. The number of nitrogen functional groups attached to an aromatic ring is 4. The smallest absolute Gasteiger partial charge is 0.330 e. The molecule has 0 radical (unpaired) electrons. The molecule has 2 aromatic carbocycles. The summed E-state index contributed by atoms with van der Waals surface area (Å²) in [6.07, 6.45) is 18.3. The topological polar surface area (TPSA) is 480 Å². The van der Waals surface area contributed by atoms with Crippen LogP contribution in [0, 0.1) is 26.7 Å². The van der Waals surface area contributed by atoms with Gasteiger partial charge in [0.1, 0.15) is 65.1 Å². The van der Waals surface area contributed by atoms with Gasteiger partial charge in [-0.15, -0.1) is 5.21 Å². The van der Waals surface area contributed by atoms with Crippen molar-refractivity contribution < 1.29 is 34.2 Å². The number of nitrogens with one attached hydrogen (secondary N) is 1. The molecule has 37 heteroatoms. The van der Waals surface area contributed by atoms with Crippen molar-refractivity contribution in [2.24, 2.45) is 48.2 Å². The molecule has 2 fully saturated rings. The number of aromatic nitrogens is 27. The van der Waals surface area contributed by atoms with E-state index in [1.54, 1.807) is 47.0 Å². The van der Waals surface area contributed by atoms with Crippen LogP contribution in [0.1, 0.15) is 41.8 Å². The Morgan fingerprint density at radius 2 is 1.05 bits per heavy atom. The number of nitrogens with zero attached hydrogens (tertiary/aromatic N) is 26. The van der Waals surface area contributed by atoms with Crippen LogP contribution in [0.3, 0.4) is 0 Å². The van der Waals surface area contributed by atoms with Crippen LogP contribution >= 0.6 is 0 Å². The summed E-state index contributed by atoms with van der Waals surface area (Å²) in [6.45, 7) is 5.79. The molecule has 14 aromatic heterocycles. The van der Waals surface area contributed by atoms with Gasteiger partial charge in [0.15, 0.2) is 70.2 Å². The van der Waals surface area contributed by atoms with Crippen LogP contribution in [0.15, 0.2) is 137 Å². The number of imidazole rings is 6. The zero-order valence-electron chi connectivity index (χ0n) is 57.1. The molecule has 18 rings (SSSR count). The fraction of sp³-hybridized carbons (Fsp3) is 0.308. The number of aromatic amines is 1. The van der Waals surface area contributed by atoms with E-state index in [1.807, 2.05) is 72.8 Å². The lowest BCUT2D eigenvalue weighted by atomic mass is 10.1. The maximum atomic E-state index is 14.0. The quantitative estimate of drug-likeness (QED) is 0.114. The molecule has 16 aromatic rings. The summed E-state index contributed by atoms with van der Waals surface area (Å²) in [7, 11) is 11.6. The molecule has 15 heterocycles. The van der Waals surface area contributed by atoms with Crippen molar-refractivity contribution in [3.05, 3.63) is 153 Å². The molecule has 7 atom stereocenters. The van der Waals surface area contributed by atoms with Crippen molar-refractivity contribution in [1.82, 2.24) is 127 Å². The van der Waals surface area contributed by atoms with E-state index in [4.69, 9.17) is 32.8 Å². The summed E-state index contributed by atoms with van der Waals surface area (Å²) >= 11 is 0. The zero-order chi connectivity index (χ0) is 72.5. The van der Waals surface area contributed by atoms with Gasteiger partial charge in [0.2, 0.25) is 0 Å². The highest BCUT2D eigenvalue weighted by molar-refractivity contribution is 5.85. The number of hydrogen-bond acceptors (Lipinski definition) is 27. The second-order valence-electron chi connectivity index (χ2n) is 23.9. The first-order chi connectivity index (χ1) is 49.1. The van der Waals surface area contributed by atoms with Crippen LogP contribution in [0.5, 0.6) is 0 Å². The lowest BCUT2D eigenvalue weighted by Crippen LogP contribution is -2.30. The first-order valence-electron chi connectivity index (χ1n) is 31.7. The van der Waals surface area contributed by atoms with Crippen LogP contribution < -0.4 is 27.6 Å². The zero-order valence-corrected chi connectivity index (χ0v) is 57.1. The predicted octanol–water partition coefficient (Wildman–Crippen LogP) is 3.42. The van der Waals surface area contributed by atoms with Crippen molar-refractivity contribution in [3.8, 4) is 0 Å². The van der Waals surface area contributed by atoms with Gasteiger partial charge in [0, 0.05) is 77.1 Å². The van der Waals surface area contributed by atoms with Gasteiger partial charge in [-0.25, -0.2) is 79.2 Å². The lowest BCUT2D eigenvalue weighted by Gasteiger charge is -2.14. The summed E-state index contributed by atoms with van der Waals surface area (Å²) in [4.78, 5) is 68.3. The Bertz CT molecular complexity index is 5030. The van der Waals surface area contributed by atoms with Crippen LogP contribution in [0.2, 0.25) is 0 Å². The highest BCUT2D eigenvalue weighted by Crippen LogP contribution is 2.37. The van der Waals surface area contributed by atoms with Gasteiger partial charge in [-0.3, -0.25) is 4.57 Å². The van der Waals surface area contributed by atoms with Crippen molar-refractivity contribution in [3.63, 3.8) is 0 Å². The summed E-state index contributed by atoms with van der Waals surface area (Å²) in [6, 6.07) is 16.8. The molecule has 1 aliphatic heterocycles. The van der Waals surface area contributed by atoms with Crippen LogP contribution in [-0.4, -0.2) is 185 Å². The summed E-state index contributed by atoms with van der Waals surface area (Å²) < 4.78 is 33.9. The number of aryl methyl sites for hydroxylation is 9. The number of aliphatic hydroxyl groups excluding tert-OH is 4. The SMILES string of the molecule is C[n+]1[nH]nc2c(N)ncnc21.Cc1cccc2c1ccn2C.Cc1cccc2c1ncn2C.Cc1ccnc2c1ncn2C.Cn1cnc2c(N)ncnc21.Cn1cnc2cncnc21.Nc1ncnc2c1ncn2[C@@H]1O[C@H](CO)C(O)[C@@H]1F.Nc1ncnc2c1ncn2[C@H]1CC(O)[C@@H](CO)C1. The highest BCUT2D eigenvalue weighted by Gasteiger charge is 2.45. The fourth-order valence-electron chi connectivity index (χ4n) is 11.4. The maximum Gasteiger partial charge on any atom is 0.330 e. The van der Waals surface area contributed by atoms with Crippen molar-refractivity contribution in [1.29, 1.82) is 0 Å². The molecule has 0 amide bonds. The van der Waals surface area contributed by atoms with Crippen molar-refractivity contribution in [2.75, 3.05) is 36.1 Å². The van der Waals surface area contributed by atoms with Crippen LogP contribution in [0.4, 0.5) is 27.7 Å². The number of para-hydroxylation sites is 1. The number of benzene rings is 2. The van der Waals surface area contributed by atoms with Gasteiger partial charge >= 0.3 is 5.65 Å². The molecule has 102 heavy (non-hydrogen) atoms. The van der Waals surface area contributed by atoms with E-state index in [2.05, 4.69) is 169 Å². The van der Waals surface area contributed by atoms with Gasteiger partial charge in [-0.05, 0) is 79.7 Å². The van der Waals surface area contributed by atoms with E-state index < -0.39 is 37.3 Å². The Kier molecular flexibility index (Phi) is 21.8. The minimum absolute atomic E-state index is 0.00141. The number of anilines is 4. The number of fused-ring (bicyclic) bond motifs is 8. The third-order valence-corrected chi connectivity index (χ3v) is 17.0. The Hall–Kier alpha value is -12.3. The molecule has 0 spiro atoms. The molecule has 1 saturated heterocycles. The normalized spacial score (nSPS) is 17.5. The van der Waals surface area contributed by atoms with E-state index in [-0.39, 0.29) is 24.4 Å². The van der Waals surface area contributed by atoms with Gasteiger partial charge in [-0.1, -0.05) is 29.2 Å². The summed E-state index contributed by atoms with van der Waals surface area (Å²) in [5.74, 6) is 1.28. The second-order valence-corrected chi connectivity index (χ2v) is 23.9. The third-order valence-electron chi connectivity index (χ3n) is 17.0. The molecule has 2 aliphatic rings. The summed E-state index contributed by atoms with van der Waals surface area (Å²) in [5, 5.41) is 45.6. The molecule has 36 nitrogen and oxygen atoms in total. The largest absolute Gasteiger partial charge is 0.396 e. The average molecular weight is 1390 g/mol. The first-order valence-corrected chi connectivity index (χ1v) is 31.7. The monoisotopic (exact) mass is 1390 g/mol. The third kappa shape index (κ3) is 15.1. The van der Waals surface area contributed by atoms with E-state index in [0.717, 1.165) is 33.5 Å². The molecule has 528 valence electrons. The molecule has 13 N–H and O–H groups in total. The molecule has 2 unspecified atom stereocenters. The predicted molar refractivity (Wildman–Crippen MR) is 377 cm³/mol. The van der Waals surface area contributed by atoms with Gasteiger partial charge in [0.25, 0.3) is 5.52 Å².